The van der Waals surface area contributed by atoms with Gasteiger partial charge in [-0.2, -0.15) is 5.10 Å². The van der Waals surface area contributed by atoms with Crippen LogP contribution in [0.2, 0.25) is 5.02 Å². The molecule has 0 saturated carbocycles. The number of amides is 1. The van der Waals surface area contributed by atoms with Gasteiger partial charge < -0.3 is 4.74 Å². The Kier molecular flexibility index (Phi) is 8.57. The molecule has 1 amide bonds. The summed E-state index contributed by atoms with van der Waals surface area (Å²) in [4.78, 5) is 24.7. The number of benzene rings is 4. The standard InChI is InChI=1S/C27H19BrClN3O5S/c28-21-7-3-20(4-8-21)27(34)37-24-13-1-18(2-14-24)17-30-31-26(33)19-5-11-23(12-6-19)32-38(35,36)25-15-9-22(29)10-16-25/h1-17,32H,(H,31,33)/b30-17-. The van der Waals surface area contributed by atoms with Crippen molar-refractivity contribution in [2.75, 3.05) is 4.72 Å². The van der Waals surface area contributed by atoms with Gasteiger partial charge in [0.2, 0.25) is 0 Å². The van der Waals surface area contributed by atoms with Gasteiger partial charge in [0.15, 0.2) is 0 Å². The van der Waals surface area contributed by atoms with Crippen LogP contribution in [0, 0.1) is 0 Å². The normalized spacial score (nSPS) is 11.2. The van der Waals surface area contributed by atoms with Crippen molar-refractivity contribution in [2.24, 2.45) is 5.10 Å². The van der Waals surface area contributed by atoms with Gasteiger partial charge in [-0.1, -0.05) is 27.5 Å². The number of carbonyl (C=O) groups excluding carboxylic acids is 2. The van der Waals surface area contributed by atoms with E-state index in [4.69, 9.17) is 16.3 Å². The Morgan fingerprint density at radius 1 is 0.816 bits per heavy atom. The highest BCUT2D eigenvalue weighted by Crippen LogP contribution is 2.19. The molecule has 0 saturated heterocycles. The fourth-order valence-electron chi connectivity index (χ4n) is 3.12. The predicted octanol–water partition coefficient (Wildman–Crippen LogP) is 5.89. The van der Waals surface area contributed by atoms with Gasteiger partial charge in [-0.05, 0) is 103 Å². The van der Waals surface area contributed by atoms with Gasteiger partial charge in [-0.25, -0.2) is 18.6 Å². The maximum Gasteiger partial charge on any atom is 0.343 e. The molecule has 4 rings (SSSR count). The van der Waals surface area contributed by atoms with E-state index < -0.39 is 21.9 Å². The number of esters is 1. The minimum absolute atomic E-state index is 0.0637. The quantitative estimate of drug-likeness (QED) is 0.112. The van der Waals surface area contributed by atoms with Gasteiger partial charge in [0, 0.05) is 20.7 Å². The van der Waals surface area contributed by atoms with Crippen LogP contribution >= 0.6 is 27.5 Å². The van der Waals surface area contributed by atoms with Gasteiger partial charge in [-0.15, -0.1) is 0 Å². The number of sulfonamides is 1. The molecule has 11 heteroatoms. The van der Waals surface area contributed by atoms with Crippen molar-refractivity contribution in [1.82, 2.24) is 5.43 Å². The molecule has 2 N–H and O–H groups in total. The zero-order valence-corrected chi connectivity index (χ0v) is 22.6. The zero-order chi connectivity index (χ0) is 27.1. The van der Waals surface area contributed by atoms with Gasteiger partial charge in [0.05, 0.1) is 16.7 Å². The molecule has 0 bridgehead atoms. The molecular weight excluding hydrogens is 594 g/mol. The lowest BCUT2D eigenvalue weighted by atomic mass is 10.2. The van der Waals surface area contributed by atoms with Crippen LogP contribution in [0.5, 0.6) is 5.75 Å². The number of nitrogens with one attached hydrogen (secondary N) is 2. The van der Waals surface area contributed by atoms with Crippen LogP contribution in [0.1, 0.15) is 26.3 Å². The molecule has 8 nitrogen and oxygen atoms in total. The number of ether oxygens (including phenoxy) is 1. The second kappa shape index (κ2) is 12.0. The van der Waals surface area contributed by atoms with Crippen molar-refractivity contribution < 1.29 is 22.7 Å². The summed E-state index contributed by atoms with van der Waals surface area (Å²) in [5, 5.41) is 4.36. The fourth-order valence-corrected chi connectivity index (χ4v) is 4.57. The minimum Gasteiger partial charge on any atom is -0.423 e. The molecule has 38 heavy (non-hydrogen) atoms. The van der Waals surface area contributed by atoms with Crippen molar-refractivity contribution in [2.45, 2.75) is 4.90 Å². The van der Waals surface area contributed by atoms with Crippen molar-refractivity contribution in [3.05, 3.63) is 123 Å². The van der Waals surface area contributed by atoms with Crippen molar-refractivity contribution in [1.29, 1.82) is 0 Å². The Balaban J connectivity index is 1.30. The third-order valence-corrected chi connectivity index (χ3v) is 7.25. The van der Waals surface area contributed by atoms with Gasteiger partial charge >= 0.3 is 5.97 Å². The maximum absolute atomic E-state index is 12.5. The molecule has 0 radical (unpaired) electrons. The third-order valence-electron chi connectivity index (χ3n) is 5.07. The Morgan fingerprint density at radius 3 is 2.05 bits per heavy atom. The number of hydrogen-bond donors (Lipinski definition) is 2. The molecule has 0 heterocycles. The predicted molar refractivity (Wildman–Crippen MR) is 149 cm³/mol. The van der Waals surface area contributed by atoms with Gasteiger partial charge in [0.1, 0.15) is 5.75 Å². The van der Waals surface area contributed by atoms with Crippen molar-refractivity contribution in [3.63, 3.8) is 0 Å². The Hall–Kier alpha value is -3.99. The first-order chi connectivity index (χ1) is 18.2. The molecule has 4 aromatic rings. The number of nitrogens with zero attached hydrogens (tertiary/aromatic N) is 1. The Morgan fingerprint density at radius 2 is 1.42 bits per heavy atom. The SMILES string of the molecule is O=C(N/N=C\c1ccc(OC(=O)c2ccc(Br)cc2)cc1)c1ccc(NS(=O)(=O)c2ccc(Cl)cc2)cc1. The second-order valence-electron chi connectivity index (χ2n) is 7.80. The van der Waals surface area contributed by atoms with E-state index in [9.17, 15) is 18.0 Å². The highest BCUT2D eigenvalue weighted by atomic mass is 79.9. The number of hydrazone groups is 1. The number of carbonyl (C=O) groups is 2. The van der Waals surface area contributed by atoms with Crippen LogP contribution in [-0.4, -0.2) is 26.5 Å². The summed E-state index contributed by atoms with van der Waals surface area (Å²) >= 11 is 9.12. The summed E-state index contributed by atoms with van der Waals surface area (Å²) in [5.74, 6) is -0.589. The number of hydrogen-bond acceptors (Lipinski definition) is 6. The summed E-state index contributed by atoms with van der Waals surface area (Å²) in [6, 6.07) is 25.1. The first-order valence-corrected chi connectivity index (χ1v) is 13.6. The topological polar surface area (TPSA) is 114 Å². The molecule has 0 fully saturated rings. The lowest BCUT2D eigenvalue weighted by Crippen LogP contribution is -2.18. The average Bonchev–Trinajstić information content (AvgIpc) is 2.90. The highest BCUT2D eigenvalue weighted by Gasteiger charge is 2.14. The molecule has 192 valence electrons. The molecule has 0 aliphatic carbocycles. The molecule has 0 aliphatic heterocycles. The number of anilines is 1. The summed E-state index contributed by atoms with van der Waals surface area (Å²) in [5.41, 5.74) is 4.08. The van der Waals surface area contributed by atoms with E-state index in [2.05, 4.69) is 31.2 Å². The van der Waals surface area contributed by atoms with Crippen LogP contribution in [0.3, 0.4) is 0 Å². The van der Waals surface area contributed by atoms with Crippen LogP contribution in [0.4, 0.5) is 5.69 Å². The van der Waals surface area contributed by atoms with Crippen LogP contribution < -0.4 is 14.9 Å². The lowest BCUT2D eigenvalue weighted by Gasteiger charge is -2.09. The summed E-state index contributed by atoms with van der Waals surface area (Å²) < 4.78 is 33.6. The Labute approximate surface area is 232 Å². The van der Waals surface area contributed by atoms with Crippen LogP contribution in [-0.2, 0) is 10.0 Å². The van der Waals surface area contributed by atoms with Crippen LogP contribution in [0.15, 0.2) is 112 Å². The highest BCUT2D eigenvalue weighted by molar-refractivity contribution is 9.10. The smallest absolute Gasteiger partial charge is 0.343 e. The maximum atomic E-state index is 12.5. The molecule has 0 unspecified atom stereocenters. The third kappa shape index (κ3) is 7.28. The number of halogens is 2. The first-order valence-electron chi connectivity index (χ1n) is 11.0. The van der Waals surface area contributed by atoms with E-state index >= 15 is 0 Å². The molecule has 0 aliphatic rings. The summed E-state index contributed by atoms with van der Waals surface area (Å²) in [6.45, 7) is 0. The zero-order valence-electron chi connectivity index (χ0n) is 19.5. The van der Waals surface area contributed by atoms with E-state index in [1.807, 2.05) is 0 Å². The Bertz CT molecular complexity index is 1570. The van der Waals surface area contributed by atoms with E-state index in [1.165, 1.54) is 54.7 Å². The van der Waals surface area contributed by atoms with Gasteiger partial charge in [0.25, 0.3) is 15.9 Å². The molecule has 0 spiro atoms. The second-order valence-corrected chi connectivity index (χ2v) is 10.8. The summed E-state index contributed by atoms with van der Waals surface area (Å²) in [6.07, 6.45) is 1.44. The first kappa shape index (κ1) is 27.1. The molecular formula is C27H19BrClN3O5S. The van der Waals surface area contributed by atoms with Gasteiger partial charge in [-0.3, -0.25) is 9.52 Å². The van der Waals surface area contributed by atoms with Crippen molar-refractivity contribution >= 4 is 61.3 Å². The molecule has 0 atom stereocenters. The monoisotopic (exact) mass is 611 g/mol. The minimum atomic E-state index is -3.80. The van der Waals surface area contributed by atoms with E-state index in [0.717, 1.165) is 4.47 Å². The average molecular weight is 613 g/mol. The van der Waals surface area contributed by atoms with Crippen LogP contribution in [0.25, 0.3) is 0 Å². The molecule has 0 aromatic heterocycles. The lowest BCUT2D eigenvalue weighted by molar-refractivity contribution is 0.0734. The fraction of sp³-hybridized carbons (Fsp3) is 0. The largest absolute Gasteiger partial charge is 0.423 e. The molecule has 4 aromatic carbocycles. The number of rotatable bonds is 8. The van der Waals surface area contributed by atoms with Crippen molar-refractivity contribution in [3.8, 4) is 5.75 Å². The van der Waals surface area contributed by atoms with E-state index in [1.54, 1.807) is 48.5 Å². The van der Waals surface area contributed by atoms with E-state index in [0.29, 0.717) is 27.6 Å². The van der Waals surface area contributed by atoms with E-state index in [-0.39, 0.29) is 10.5 Å². The summed E-state index contributed by atoms with van der Waals surface area (Å²) in [7, 11) is -3.80.